The van der Waals surface area contributed by atoms with E-state index < -0.39 is 0 Å². The maximum atomic E-state index is 3.73. The molecule has 1 unspecified atom stereocenters. The van der Waals surface area contributed by atoms with Gasteiger partial charge in [-0.1, -0.05) is 12.1 Å². The zero-order valence-corrected chi connectivity index (χ0v) is 11.0. The molecule has 2 heteroatoms. The van der Waals surface area contributed by atoms with Crippen LogP contribution in [0.25, 0.3) is 0 Å². The van der Waals surface area contributed by atoms with Crippen molar-refractivity contribution in [1.82, 2.24) is 0 Å². The van der Waals surface area contributed by atoms with Gasteiger partial charge in [0.15, 0.2) is 0 Å². The third-order valence-corrected chi connectivity index (χ3v) is 3.02. The first-order valence-electron chi connectivity index (χ1n) is 5.27. The quantitative estimate of drug-likeness (QED) is 0.774. The normalized spacial score (nSPS) is 12.2. The molecule has 0 spiro atoms. The van der Waals surface area contributed by atoms with E-state index in [1.807, 2.05) is 6.08 Å². The highest BCUT2D eigenvalue weighted by Crippen LogP contribution is 2.24. The van der Waals surface area contributed by atoms with Crippen LogP contribution in [0.15, 0.2) is 35.3 Å². The van der Waals surface area contributed by atoms with Gasteiger partial charge in [0.25, 0.3) is 0 Å². The van der Waals surface area contributed by atoms with Crippen LogP contribution >= 0.6 is 15.9 Å². The largest absolute Gasteiger partial charge is 0.382 e. The van der Waals surface area contributed by atoms with Gasteiger partial charge in [0.2, 0.25) is 0 Å². The molecule has 1 N–H and O–H groups in total. The second kappa shape index (κ2) is 5.96. The third kappa shape index (κ3) is 4.08. The fourth-order valence-corrected chi connectivity index (χ4v) is 1.82. The first-order chi connectivity index (χ1) is 7.13. The minimum Gasteiger partial charge on any atom is -0.382 e. The van der Waals surface area contributed by atoms with E-state index >= 15 is 0 Å². The van der Waals surface area contributed by atoms with Crippen molar-refractivity contribution in [2.24, 2.45) is 0 Å². The van der Waals surface area contributed by atoms with Crippen molar-refractivity contribution < 1.29 is 0 Å². The molecule has 0 aliphatic rings. The molecular formula is C13H18BrN. The zero-order valence-electron chi connectivity index (χ0n) is 9.39. The minimum absolute atomic E-state index is 0.473. The number of allylic oxidation sites excluding steroid dienone is 1. The average molecular weight is 268 g/mol. The van der Waals surface area contributed by atoms with Crippen molar-refractivity contribution >= 4 is 21.6 Å². The first kappa shape index (κ1) is 12.3. The molecule has 82 valence electrons. The molecule has 0 radical (unpaired) electrons. The molecule has 0 fully saturated rings. The molecule has 1 aromatic carbocycles. The van der Waals surface area contributed by atoms with Crippen molar-refractivity contribution in [3.05, 3.63) is 40.9 Å². The van der Waals surface area contributed by atoms with Crippen LogP contribution in [0.5, 0.6) is 0 Å². The maximum Gasteiger partial charge on any atom is 0.0489 e. The summed E-state index contributed by atoms with van der Waals surface area (Å²) in [5, 5.41) is 3.49. The SMILES string of the molecule is C=CCCC(C)Nc1cc(C)ccc1Br. The molecule has 1 rings (SSSR count). The van der Waals surface area contributed by atoms with Crippen molar-refractivity contribution in [3.8, 4) is 0 Å². The fraction of sp³-hybridized carbons (Fsp3) is 0.385. The Hall–Kier alpha value is -0.760. The maximum absolute atomic E-state index is 3.73. The van der Waals surface area contributed by atoms with Gasteiger partial charge in [0.1, 0.15) is 0 Å². The number of nitrogens with one attached hydrogen (secondary N) is 1. The number of benzene rings is 1. The molecular weight excluding hydrogens is 250 g/mol. The number of rotatable bonds is 5. The summed E-state index contributed by atoms with van der Waals surface area (Å²) in [6, 6.07) is 6.82. The second-order valence-electron chi connectivity index (χ2n) is 3.89. The second-order valence-corrected chi connectivity index (χ2v) is 4.75. The van der Waals surface area contributed by atoms with Gasteiger partial charge in [0.05, 0.1) is 0 Å². The molecule has 1 nitrogen and oxygen atoms in total. The van der Waals surface area contributed by atoms with E-state index in [0.717, 1.165) is 17.3 Å². The van der Waals surface area contributed by atoms with Gasteiger partial charge in [-0.3, -0.25) is 0 Å². The van der Waals surface area contributed by atoms with E-state index in [0.29, 0.717) is 6.04 Å². The molecule has 0 aromatic heterocycles. The molecule has 0 saturated carbocycles. The lowest BCUT2D eigenvalue weighted by atomic mass is 10.1. The lowest BCUT2D eigenvalue weighted by molar-refractivity contribution is 0.718. The topological polar surface area (TPSA) is 12.0 Å². The highest BCUT2D eigenvalue weighted by atomic mass is 79.9. The molecule has 1 atom stereocenters. The lowest BCUT2D eigenvalue weighted by Crippen LogP contribution is -2.14. The summed E-state index contributed by atoms with van der Waals surface area (Å²) in [7, 11) is 0. The molecule has 1 aromatic rings. The van der Waals surface area contributed by atoms with E-state index in [4.69, 9.17) is 0 Å². The van der Waals surface area contributed by atoms with E-state index in [9.17, 15) is 0 Å². The molecule has 15 heavy (non-hydrogen) atoms. The van der Waals surface area contributed by atoms with Crippen LogP contribution in [0.2, 0.25) is 0 Å². The predicted octanol–water partition coefficient (Wildman–Crippen LogP) is 4.52. The Kier molecular flexibility index (Phi) is 4.89. The highest BCUT2D eigenvalue weighted by Gasteiger charge is 2.04. The zero-order chi connectivity index (χ0) is 11.3. The molecule has 0 amide bonds. The van der Waals surface area contributed by atoms with E-state index in [-0.39, 0.29) is 0 Å². The van der Waals surface area contributed by atoms with Gasteiger partial charge in [-0.15, -0.1) is 6.58 Å². The van der Waals surface area contributed by atoms with Crippen LogP contribution in [0.1, 0.15) is 25.3 Å². The Labute approximate surface area is 101 Å². The van der Waals surface area contributed by atoms with Gasteiger partial charge in [-0.25, -0.2) is 0 Å². The van der Waals surface area contributed by atoms with Gasteiger partial charge in [0, 0.05) is 16.2 Å². The predicted molar refractivity (Wildman–Crippen MR) is 71.4 cm³/mol. The van der Waals surface area contributed by atoms with Gasteiger partial charge in [-0.2, -0.15) is 0 Å². The molecule has 0 saturated heterocycles. The van der Waals surface area contributed by atoms with Crippen LogP contribution < -0.4 is 5.32 Å². The first-order valence-corrected chi connectivity index (χ1v) is 6.06. The lowest BCUT2D eigenvalue weighted by Gasteiger charge is -2.16. The van der Waals surface area contributed by atoms with Gasteiger partial charge in [-0.05, 0) is 60.3 Å². The Morgan fingerprint density at radius 1 is 1.53 bits per heavy atom. The summed E-state index contributed by atoms with van der Waals surface area (Å²) in [5.74, 6) is 0. The number of hydrogen-bond donors (Lipinski definition) is 1. The highest BCUT2D eigenvalue weighted by molar-refractivity contribution is 9.10. The smallest absolute Gasteiger partial charge is 0.0489 e. The Bertz CT molecular complexity index is 333. The Balaban J connectivity index is 2.62. The van der Waals surface area contributed by atoms with E-state index in [1.165, 1.54) is 11.3 Å². The van der Waals surface area contributed by atoms with Crippen molar-refractivity contribution in [2.45, 2.75) is 32.7 Å². The standard InChI is InChI=1S/C13H18BrN/c1-4-5-6-11(3)15-13-9-10(2)7-8-12(13)14/h4,7-9,11,15H,1,5-6H2,2-3H3. The number of hydrogen-bond acceptors (Lipinski definition) is 1. The van der Waals surface area contributed by atoms with E-state index in [1.54, 1.807) is 0 Å². The molecule has 0 heterocycles. The molecule has 0 aliphatic carbocycles. The van der Waals surface area contributed by atoms with Crippen LogP contribution in [-0.2, 0) is 0 Å². The fourth-order valence-electron chi connectivity index (χ4n) is 1.46. The summed E-state index contributed by atoms with van der Waals surface area (Å²) in [6.07, 6.45) is 4.13. The summed E-state index contributed by atoms with van der Waals surface area (Å²) in [6.45, 7) is 8.03. The van der Waals surface area contributed by atoms with Crippen molar-refractivity contribution in [2.75, 3.05) is 5.32 Å². The Morgan fingerprint density at radius 3 is 2.93 bits per heavy atom. The summed E-state index contributed by atoms with van der Waals surface area (Å²) >= 11 is 3.54. The molecule has 0 aliphatic heterocycles. The van der Waals surface area contributed by atoms with Crippen LogP contribution in [-0.4, -0.2) is 6.04 Å². The Morgan fingerprint density at radius 2 is 2.27 bits per heavy atom. The monoisotopic (exact) mass is 267 g/mol. The van der Waals surface area contributed by atoms with Gasteiger partial charge >= 0.3 is 0 Å². The van der Waals surface area contributed by atoms with Crippen molar-refractivity contribution in [1.29, 1.82) is 0 Å². The minimum atomic E-state index is 0.473. The van der Waals surface area contributed by atoms with Crippen LogP contribution in [0.3, 0.4) is 0 Å². The number of aryl methyl sites for hydroxylation is 1. The van der Waals surface area contributed by atoms with Crippen LogP contribution in [0, 0.1) is 6.92 Å². The van der Waals surface area contributed by atoms with Crippen molar-refractivity contribution in [3.63, 3.8) is 0 Å². The van der Waals surface area contributed by atoms with E-state index in [2.05, 4.69) is 59.9 Å². The summed E-state index contributed by atoms with van der Waals surface area (Å²) in [5.41, 5.74) is 2.45. The summed E-state index contributed by atoms with van der Waals surface area (Å²) in [4.78, 5) is 0. The van der Waals surface area contributed by atoms with Crippen LogP contribution in [0.4, 0.5) is 5.69 Å². The number of halogens is 1. The number of anilines is 1. The third-order valence-electron chi connectivity index (χ3n) is 2.33. The average Bonchev–Trinajstić information content (AvgIpc) is 2.20. The summed E-state index contributed by atoms with van der Waals surface area (Å²) < 4.78 is 1.12. The van der Waals surface area contributed by atoms with Gasteiger partial charge < -0.3 is 5.32 Å². The molecule has 0 bridgehead atoms.